The van der Waals surface area contributed by atoms with Crippen LogP contribution in [0.15, 0.2) is 16.6 Å². The van der Waals surface area contributed by atoms with Crippen molar-refractivity contribution in [3.63, 3.8) is 0 Å². The van der Waals surface area contributed by atoms with Gasteiger partial charge in [0.1, 0.15) is 11.7 Å². The lowest BCUT2D eigenvalue weighted by molar-refractivity contribution is 0.0281. The molecule has 0 spiro atoms. The topological polar surface area (TPSA) is 84.5 Å². The van der Waals surface area contributed by atoms with E-state index in [9.17, 15) is 4.79 Å². The number of carbonyl (C=O) groups excluding carboxylic acids is 1. The Morgan fingerprint density at radius 3 is 2.57 bits per heavy atom. The molecule has 1 N–H and O–H groups in total. The standard InChI is InChI=1S/C21H20BrNO7/c1-25-11-5-4-10-13(17(11)26-2)21(24)30-16(10)15-12-9(6-7-23-15)14(22)19-20(18(12)27-3)29-8-28-19/h4-5,15-16,23H,6-8H2,1-3H3/t15-,16?/m1/s1. The summed E-state index contributed by atoms with van der Waals surface area (Å²) in [5.74, 6) is 2.18. The molecular formula is C21H20BrNO7. The van der Waals surface area contributed by atoms with Crippen LogP contribution in [0.4, 0.5) is 0 Å². The smallest absolute Gasteiger partial charge is 0.343 e. The van der Waals surface area contributed by atoms with Gasteiger partial charge in [0.25, 0.3) is 0 Å². The number of hydrogen-bond donors (Lipinski definition) is 1. The molecule has 158 valence electrons. The number of halogens is 1. The second-order valence-corrected chi connectivity index (χ2v) is 7.87. The van der Waals surface area contributed by atoms with Crippen LogP contribution in [0.5, 0.6) is 28.7 Å². The Morgan fingerprint density at radius 2 is 1.83 bits per heavy atom. The number of fused-ring (bicyclic) bond motifs is 3. The van der Waals surface area contributed by atoms with E-state index in [2.05, 4.69) is 21.2 Å². The van der Waals surface area contributed by atoms with E-state index in [4.69, 9.17) is 28.4 Å². The zero-order valence-corrected chi connectivity index (χ0v) is 18.3. The predicted octanol–water partition coefficient (Wildman–Crippen LogP) is 3.30. The second-order valence-electron chi connectivity index (χ2n) is 7.08. The van der Waals surface area contributed by atoms with Crippen molar-refractivity contribution in [1.82, 2.24) is 5.32 Å². The number of esters is 1. The first-order chi connectivity index (χ1) is 14.6. The van der Waals surface area contributed by atoms with Gasteiger partial charge in [-0.25, -0.2) is 4.79 Å². The van der Waals surface area contributed by atoms with E-state index in [1.54, 1.807) is 13.2 Å². The molecule has 2 atom stereocenters. The first kappa shape index (κ1) is 19.3. The summed E-state index contributed by atoms with van der Waals surface area (Å²) in [6.45, 7) is 0.833. The van der Waals surface area contributed by atoms with Crippen LogP contribution < -0.4 is 29.0 Å². The fourth-order valence-electron chi connectivity index (χ4n) is 4.49. The second kappa shape index (κ2) is 7.24. The van der Waals surface area contributed by atoms with Crippen molar-refractivity contribution >= 4 is 21.9 Å². The highest BCUT2D eigenvalue weighted by Crippen LogP contribution is 2.56. The van der Waals surface area contributed by atoms with E-state index in [0.717, 1.165) is 27.6 Å². The van der Waals surface area contributed by atoms with Crippen molar-refractivity contribution < 1.29 is 33.2 Å². The summed E-state index contributed by atoms with van der Waals surface area (Å²) in [7, 11) is 4.64. The highest BCUT2D eigenvalue weighted by Gasteiger charge is 2.45. The Kier molecular flexibility index (Phi) is 4.67. The third-order valence-electron chi connectivity index (χ3n) is 5.73. The first-order valence-electron chi connectivity index (χ1n) is 9.47. The molecule has 3 aliphatic rings. The van der Waals surface area contributed by atoms with E-state index < -0.39 is 12.1 Å². The fourth-order valence-corrected chi connectivity index (χ4v) is 5.20. The number of cyclic esters (lactones) is 1. The van der Waals surface area contributed by atoms with Crippen LogP contribution in [-0.4, -0.2) is 40.6 Å². The van der Waals surface area contributed by atoms with Gasteiger partial charge in [0.2, 0.25) is 12.5 Å². The molecule has 0 bridgehead atoms. The Labute approximate surface area is 181 Å². The van der Waals surface area contributed by atoms with Gasteiger partial charge in [0.15, 0.2) is 23.0 Å². The molecule has 0 aromatic heterocycles. The maximum absolute atomic E-state index is 12.8. The Morgan fingerprint density at radius 1 is 1.07 bits per heavy atom. The van der Waals surface area contributed by atoms with Gasteiger partial charge in [0.05, 0.1) is 31.8 Å². The average Bonchev–Trinajstić information content (AvgIpc) is 3.38. The summed E-state index contributed by atoms with van der Waals surface area (Å²) in [4.78, 5) is 12.8. The van der Waals surface area contributed by atoms with Crippen LogP contribution >= 0.6 is 15.9 Å². The lowest BCUT2D eigenvalue weighted by Crippen LogP contribution is -2.34. The molecule has 8 nitrogen and oxygen atoms in total. The highest BCUT2D eigenvalue weighted by atomic mass is 79.9. The molecule has 3 heterocycles. The van der Waals surface area contributed by atoms with Crippen LogP contribution in [0.1, 0.15) is 39.2 Å². The van der Waals surface area contributed by atoms with Gasteiger partial charge < -0.3 is 33.7 Å². The minimum absolute atomic E-state index is 0.128. The molecule has 3 aliphatic heterocycles. The third-order valence-corrected chi connectivity index (χ3v) is 6.57. The van der Waals surface area contributed by atoms with Crippen molar-refractivity contribution in [3.8, 4) is 28.7 Å². The molecule has 2 aromatic rings. The molecule has 0 fully saturated rings. The van der Waals surface area contributed by atoms with Crippen molar-refractivity contribution in [1.29, 1.82) is 0 Å². The lowest BCUT2D eigenvalue weighted by atomic mass is 9.86. The molecule has 0 aliphatic carbocycles. The van der Waals surface area contributed by atoms with Crippen molar-refractivity contribution in [2.45, 2.75) is 18.6 Å². The molecule has 5 rings (SSSR count). The SMILES string of the molecule is COc1ccc2c(c1OC)C(=O)OC2[C@@H]1NCCc2c(Br)c3c(c(OC)c21)OCO3. The molecule has 30 heavy (non-hydrogen) atoms. The van der Waals surface area contributed by atoms with E-state index in [-0.39, 0.29) is 12.8 Å². The first-order valence-corrected chi connectivity index (χ1v) is 10.3. The van der Waals surface area contributed by atoms with Gasteiger partial charge in [-0.05, 0) is 40.5 Å². The van der Waals surface area contributed by atoms with E-state index >= 15 is 0 Å². The molecular weight excluding hydrogens is 458 g/mol. The summed E-state index contributed by atoms with van der Waals surface area (Å²) in [5.41, 5.74) is 3.05. The number of carbonyl (C=O) groups is 1. The van der Waals surface area contributed by atoms with Gasteiger partial charge in [-0.3, -0.25) is 0 Å². The summed E-state index contributed by atoms with van der Waals surface area (Å²) >= 11 is 3.67. The van der Waals surface area contributed by atoms with Crippen molar-refractivity contribution in [2.75, 3.05) is 34.7 Å². The molecule has 1 unspecified atom stereocenters. The van der Waals surface area contributed by atoms with Gasteiger partial charge >= 0.3 is 5.97 Å². The largest absolute Gasteiger partial charge is 0.493 e. The average molecular weight is 478 g/mol. The summed E-state index contributed by atoms with van der Waals surface area (Å²) in [6.07, 6.45) is 0.200. The molecule has 0 amide bonds. The quantitative estimate of drug-likeness (QED) is 0.671. The monoisotopic (exact) mass is 477 g/mol. The zero-order valence-electron chi connectivity index (χ0n) is 16.7. The Balaban J connectivity index is 1.68. The number of methoxy groups -OCH3 is 3. The van der Waals surface area contributed by atoms with Crippen LogP contribution in [0, 0.1) is 0 Å². The fraction of sp³-hybridized carbons (Fsp3) is 0.381. The summed E-state index contributed by atoms with van der Waals surface area (Å²) < 4.78 is 34.6. The van der Waals surface area contributed by atoms with E-state index in [1.807, 2.05) is 6.07 Å². The van der Waals surface area contributed by atoms with Crippen LogP contribution in [0.2, 0.25) is 0 Å². The van der Waals surface area contributed by atoms with Crippen LogP contribution in [-0.2, 0) is 11.2 Å². The molecule has 0 saturated carbocycles. The molecule has 0 saturated heterocycles. The maximum Gasteiger partial charge on any atom is 0.343 e. The number of rotatable bonds is 4. The van der Waals surface area contributed by atoms with Gasteiger partial charge in [-0.2, -0.15) is 0 Å². The van der Waals surface area contributed by atoms with Crippen molar-refractivity contribution in [3.05, 3.63) is 38.9 Å². The number of hydrogen-bond acceptors (Lipinski definition) is 8. The highest BCUT2D eigenvalue weighted by molar-refractivity contribution is 9.10. The van der Waals surface area contributed by atoms with Crippen molar-refractivity contribution in [2.24, 2.45) is 0 Å². The van der Waals surface area contributed by atoms with Gasteiger partial charge in [0, 0.05) is 11.1 Å². The zero-order chi connectivity index (χ0) is 21.0. The molecule has 2 aromatic carbocycles. The minimum Gasteiger partial charge on any atom is -0.493 e. The Bertz CT molecular complexity index is 1050. The van der Waals surface area contributed by atoms with E-state index in [0.29, 0.717) is 40.9 Å². The Hall–Kier alpha value is -2.65. The molecule has 0 radical (unpaired) electrons. The maximum atomic E-state index is 12.8. The predicted molar refractivity (Wildman–Crippen MR) is 109 cm³/mol. The normalized spacial score (nSPS) is 21.0. The number of nitrogens with one attached hydrogen (secondary N) is 1. The lowest BCUT2D eigenvalue weighted by Gasteiger charge is -2.33. The minimum atomic E-state index is -0.562. The van der Waals surface area contributed by atoms with Gasteiger partial charge in [-0.1, -0.05) is 6.07 Å². The van der Waals surface area contributed by atoms with Gasteiger partial charge in [-0.15, -0.1) is 0 Å². The summed E-state index contributed by atoms with van der Waals surface area (Å²) in [6, 6.07) is 3.29. The van der Waals surface area contributed by atoms with E-state index in [1.165, 1.54) is 14.2 Å². The number of benzene rings is 2. The third kappa shape index (κ3) is 2.58. The van der Waals surface area contributed by atoms with Crippen LogP contribution in [0.25, 0.3) is 0 Å². The molecule has 9 heteroatoms. The summed E-state index contributed by atoms with van der Waals surface area (Å²) in [5, 5.41) is 3.49. The number of ether oxygens (including phenoxy) is 6. The van der Waals surface area contributed by atoms with Crippen LogP contribution in [0.3, 0.4) is 0 Å².